The number of ether oxygens (including phenoxy) is 1. The van der Waals surface area contributed by atoms with E-state index in [-0.39, 0.29) is 6.04 Å². The van der Waals surface area contributed by atoms with Crippen LogP contribution in [0.3, 0.4) is 0 Å². The maximum atomic E-state index is 12.2. The lowest BCUT2D eigenvalue weighted by Crippen LogP contribution is -2.54. The van der Waals surface area contributed by atoms with Crippen LogP contribution < -0.4 is 9.80 Å². The van der Waals surface area contributed by atoms with Crippen LogP contribution >= 0.6 is 0 Å². The Labute approximate surface area is 191 Å². The van der Waals surface area contributed by atoms with Crippen molar-refractivity contribution in [2.24, 2.45) is 0 Å². The third-order valence-corrected chi connectivity index (χ3v) is 7.44. The highest BCUT2D eigenvalue weighted by molar-refractivity contribution is 7.90. The number of fused-ring (bicyclic) bond motifs is 4. The van der Waals surface area contributed by atoms with Crippen LogP contribution in [0.2, 0.25) is 0 Å². The molecule has 0 aliphatic carbocycles. The summed E-state index contributed by atoms with van der Waals surface area (Å²) in [6.45, 7) is 2.65. The molecule has 168 valence electrons. The van der Waals surface area contributed by atoms with E-state index in [0.29, 0.717) is 30.5 Å². The van der Waals surface area contributed by atoms with Crippen LogP contribution in [-0.4, -0.2) is 62.0 Å². The van der Waals surface area contributed by atoms with Crippen molar-refractivity contribution in [3.8, 4) is 11.4 Å². The quantitative estimate of drug-likeness (QED) is 0.500. The van der Waals surface area contributed by atoms with E-state index in [0.717, 1.165) is 40.2 Å². The lowest BCUT2D eigenvalue weighted by Gasteiger charge is -2.45. The molecule has 0 bridgehead atoms. The van der Waals surface area contributed by atoms with Gasteiger partial charge < -0.3 is 19.5 Å². The van der Waals surface area contributed by atoms with Crippen LogP contribution in [0, 0.1) is 0 Å². The van der Waals surface area contributed by atoms with Gasteiger partial charge in [0.1, 0.15) is 5.69 Å². The van der Waals surface area contributed by atoms with Gasteiger partial charge in [0.15, 0.2) is 21.5 Å². The molecular formula is C24H23N5O3S. The van der Waals surface area contributed by atoms with Gasteiger partial charge in [-0.25, -0.2) is 18.4 Å². The fraction of sp³-hybridized carbons (Fsp3) is 0.250. The summed E-state index contributed by atoms with van der Waals surface area (Å²) in [4.78, 5) is 17.7. The van der Waals surface area contributed by atoms with Crippen LogP contribution in [0.15, 0.2) is 65.8 Å². The zero-order valence-corrected chi connectivity index (χ0v) is 18.9. The molecule has 1 N–H and O–H groups in total. The largest absolute Gasteiger partial charge is 0.377 e. The standard InChI is InChI=1S/C24H23N5O3S/c1-33(30,31)18-5-2-4-16(12-18)29-14-17-15-32-11-10-28(17)24-22(29)13-26-23(27-24)20-6-3-7-21-19(20)8-9-25-21/h2-9,12-13,17,25H,10-11,14-15H2,1H3/t17-/m1/s1. The number of benzene rings is 2. The molecule has 0 unspecified atom stereocenters. The predicted octanol–water partition coefficient (Wildman–Crippen LogP) is 3.39. The lowest BCUT2D eigenvalue weighted by molar-refractivity contribution is 0.0945. The fourth-order valence-corrected chi connectivity index (χ4v) is 5.36. The number of aromatic amines is 1. The molecule has 4 heterocycles. The van der Waals surface area contributed by atoms with E-state index in [9.17, 15) is 8.42 Å². The first-order chi connectivity index (χ1) is 16.0. The van der Waals surface area contributed by atoms with Crippen molar-refractivity contribution in [3.63, 3.8) is 0 Å². The summed E-state index contributed by atoms with van der Waals surface area (Å²) >= 11 is 0. The number of nitrogens with zero attached hydrogens (tertiary/aromatic N) is 4. The Hall–Kier alpha value is -3.43. The summed E-state index contributed by atoms with van der Waals surface area (Å²) in [5, 5.41) is 1.07. The number of hydrogen-bond donors (Lipinski definition) is 1. The number of morpholine rings is 1. The van der Waals surface area contributed by atoms with E-state index in [1.165, 1.54) is 6.26 Å². The minimum absolute atomic E-state index is 0.110. The second-order valence-electron chi connectivity index (χ2n) is 8.45. The van der Waals surface area contributed by atoms with Gasteiger partial charge in [0, 0.05) is 47.7 Å². The average Bonchev–Trinajstić information content (AvgIpc) is 3.32. The van der Waals surface area contributed by atoms with Crippen LogP contribution in [0.5, 0.6) is 0 Å². The molecule has 2 aromatic heterocycles. The summed E-state index contributed by atoms with van der Waals surface area (Å²) in [6.07, 6.45) is 4.99. The van der Waals surface area contributed by atoms with Crippen molar-refractivity contribution >= 4 is 37.9 Å². The van der Waals surface area contributed by atoms with Crippen molar-refractivity contribution in [1.29, 1.82) is 0 Å². The second kappa shape index (κ2) is 7.57. The summed E-state index contributed by atoms with van der Waals surface area (Å²) in [5.41, 5.74) is 3.67. The molecule has 0 saturated carbocycles. The Balaban J connectivity index is 1.50. The van der Waals surface area contributed by atoms with E-state index in [1.807, 2.05) is 42.7 Å². The molecule has 0 radical (unpaired) electrons. The van der Waals surface area contributed by atoms with Crippen LogP contribution in [0.1, 0.15) is 0 Å². The third-order valence-electron chi connectivity index (χ3n) is 6.33. The minimum Gasteiger partial charge on any atom is -0.377 e. The number of nitrogens with one attached hydrogen (secondary N) is 1. The van der Waals surface area contributed by atoms with Gasteiger partial charge >= 0.3 is 0 Å². The minimum atomic E-state index is -3.32. The maximum Gasteiger partial charge on any atom is 0.175 e. The number of rotatable bonds is 3. The third kappa shape index (κ3) is 3.44. The van der Waals surface area contributed by atoms with Crippen molar-refractivity contribution in [2.45, 2.75) is 10.9 Å². The number of H-pyrrole nitrogens is 1. The van der Waals surface area contributed by atoms with Gasteiger partial charge in [-0.3, -0.25) is 0 Å². The van der Waals surface area contributed by atoms with E-state index < -0.39 is 9.84 Å². The molecule has 1 atom stereocenters. The van der Waals surface area contributed by atoms with Gasteiger partial charge in [0.25, 0.3) is 0 Å². The van der Waals surface area contributed by atoms with Gasteiger partial charge in [0.2, 0.25) is 0 Å². The van der Waals surface area contributed by atoms with Crippen molar-refractivity contribution in [1.82, 2.24) is 15.0 Å². The summed E-state index contributed by atoms with van der Waals surface area (Å²) in [6, 6.07) is 15.2. The van der Waals surface area contributed by atoms with Crippen molar-refractivity contribution in [3.05, 3.63) is 60.9 Å². The first-order valence-corrected chi connectivity index (χ1v) is 12.7. The van der Waals surface area contributed by atoms with Gasteiger partial charge in [-0.1, -0.05) is 18.2 Å². The van der Waals surface area contributed by atoms with E-state index in [4.69, 9.17) is 14.7 Å². The molecule has 2 aromatic carbocycles. The molecule has 1 fully saturated rings. The highest BCUT2D eigenvalue weighted by Gasteiger charge is 2.35. The predicted molar refractivity (Wildman–Crippen MR) is 128 cm³/mol. The van der Waals surface area contributed by atoms with Crippen LogP contribution in [0.4, 0.5) is 17.2 Å². The Bertz CT molecular complexity index is 1470. The molecule has 2 aliphatic heterocycles. The molecule has 9 heteroatoms. The molecule has 2 aliphatic rings. The zero-order chi connectivity index (χ0) is 22.6. The fourth-order valence-electron chi connectivity index (χ4n) is 4.70. The summed E-state index contributed by atoms with van der Waals surface area (Å²) in [7, 11) is -3.32. The topological polar surface area (TPSA) is 91.4 Å². The number of sulfone groups is 1. The summed E-state index contributed by atoms with van der Waals surface area (Å²) < 4.78 is 30.1. The first-order valence-electron chi connectivity index (χ1n) is 10.8. The summed E-state index contributed by atoms with van der Waals surface area (Å²) in [5.74, 6) is 1.51. The molecule has 4 aromatic rings. The van der Waals surface area contributed by atoms with Crippen molar-refractivity contribution in [2.75, 3.05) is 42.4 Å². The maximum absolute atomic E-state index is 12.2. The van der Waals surface area contributed by atoms with E-state index in [1.54, 1.807) is 18.2 Å². The Morgan fingerprint density at radius 1 is 1.15 bits per heavy atom. The van der Waals surface area contributed by atoms with Gasteiger partial charge in [0.05, 0.1) is 30.3 Å². The van der Waals surface area contributed by atoms with E-state index in [2.05, 4.69) is 14.8 Å². The Kier molecular flexibility index (Phi) is 4.63. The highest BCUT2D eigenvalue weighted by atomic mass is 32.2. The van der Waals surface area contributed by atoms with Crippen LogP contribution in [0.25, 0.3) is 22.3 Å². The molecule has 0 spiro atoms. The molecule has 33 heavy (non-hydrogen) atoms. The molecular weight excluding hydrogens is 438 g/mol. The number of anilines is 3. The number of aromatic nitrogens is 3. The Morgan fingerprint density at radius 3 is 2.91 bits per heavy atom. The molecule has 1 saturated heterocycles. The second-order valence-corrected chi connectivity index (χ2v) is 10.5. The highest BCUT2D eigenvalue weighted by Crippen LogP contribution is 2.40. The smallest absolute Gasteiger partial charge is 0.175 e. The SMILES string of the molecule is CS(=O)(=O)c1cccc(N2C[C@@H]3COCCN3c3nc(-c4cccc5[nH]ccc45)ncc32)c1. The van der Waals surface area contributed by atoms with Gasteiger partial charge in [-0.05, 0) is 30.3 Å². The normalized spacial score (nSPS) is 18.3. The number of hydrogen-bond acceptors (Lipinski definition) is 7. The van der Waals surface area contributed by atoms with Gasteiger partial charge in [-0.2, -0.15) is 0 Å². The lowest BCUT2D eigenvalue weighted by atomic mass is 10.1. The van der Waals surface area contributed by atoms with Crippen LogP contribution in [-0.2, 0) is 14.6 Å². The van der Waals surface area contributed by atoms with Crippen molar-refractivity contribution < 1.29 is 13.2 Å². The first kappa shape index (κ1) is 20.2. The monoisotopic (exact) mass is 461 g/mol. The molecule has 8 nitrogen and oxygen atoms in total. The van der Waals surface area contributed by atoms with E-state index >= 15 is 0 Å². The molecule has 0 amide bonds. The Morgan fingerprint density at radius 2 is 2.03 bits per heavy atom. The van der Waals surface area contributed by atoms with Gasteiger partial charge in [-0.15, -0.1) is 0 Å². The zero-order valence-electron chi connectivity index (χ0n) is 18.1. The average molecular weight is 462 g/mol. The molecule has 6 rings (SSSR count).